The Morgan fingerprint density at radius 3 is 2.56 bits per heavy atom. The maximum atomic E-state index is 12.2. The number of hydrazone groups is 1. The molecule has 2 rings (SSSR count). The number of hydrogen-bond donors (Lipinski definition) is 2. The van der Waals surface area contributed by atoms with Gasteiger partial charge in [0.15, 0.2) is 11.5 Å². The van der Waals surface area contributed by atoms with Crippen molar-refractivity contribution in [3.63, 3.8) is 0 Å². The van der Waals surface area contributed by atoms with Gasteiger partial charge in [0.25, 0.3) is 5.91 Å². The molecule has 2 N–H and O–H groups in total. The molecule has 0 heterocycles. The number of nitrogens with one attached hydrogen (secondary N) is 1. The largest absolute Gasteiger partial charge is 0.508 e. The minimum Gasteiger partial charge on any atom is -0.508 e. The van der Waals surface area contributed by atoms with Gasteiger partial charge < -0.3 is 14.6 Å². The van der Waals surface area contributed by atoms with Crippen molar-refractivity contribution in [1.29, 1.82) is 0 Å². The summed E-state index contributed by atoms with van der Waals surface area (Å²) < 4.78 is 11.2. The minimum absolute atomic E-state index is 0.176. The molecule has 0 aliphatic rings. The lowest BCUT2D eigenvalue weighted by Gasteiger charge is -2.12. The second kappa shape index (κ2) is 9.32. The Bertz CT molecular complexity index is 727. The third-order valence-electron chi connectivity index (χ3n) is 3.24. The second-order valence-corrected chi connectivity index (χ2v) is 5.23. The van der Waals surface area contributed by atoms with Crippen LogP contribution in [0.25, 0.3) is 0 Å². The van der Waals surface area contributed by atoms with Crippen LogP contribution in [0.2, 0.25) is 0 Å². The van der Waals surface area contributed by atoms with Gasteiger partial charge in [0, 0.05) is 5.56 Å². The number of hydrogen-bond acceptors (Lipinski definition) is 5. The van der Waals surface area contributed by atoms with E-state index in [1.165, 1.54) is 6.21 Å². The molecule has 0 saturated carbocycles. The average Bonchev–Trinajstić information content (AvgIpc) is 2.62. The molecule has 0 radical (unpaired) electrons. The zero-order chi connectivity index (χ0) is 18.1. The van der Waals surface area contributed by atoms with Gasteiger partial charge in [-0.3, -0.25) is 4.79 Å². The molecule has 6 heteroatoms. The number of phenols is 1. The topological polar surface area (TPSA) is 80.2 Å². The van der Waals surface area contributed by atoms with Gasteiger partial charge in [0.1, 0.15) is 5.75 Å². The average molecular weight is 342 g/mol. The van der Waals surface area contributed by atoms with Crippen molar-refractivity contribution < 1.29 is 19.4 Å². The minimum atomic E-state index is -0.349. The lowest BCUT2D eigenvalue weighted by molar-refractivity contribution is 0.0954. The van der Waals surface area contributed by atoms with E-state index in [0.29, 0.717) is 30.3 Å². The third-order valence-corrected chi connectivity index (χ3v) is 3.24. The van der Waals surface area contributed by atoms with E-state index in [1.54, 1.807) is 42.5 Å². The van der Waals surface area contributed by atoms with E-state index < -0.39 is 0 Å². The summed E-state index contributed by atoms with van der Waals surface area (Å²) in [6.07, 6.45) is 2.39. The van der Waals surface area contributed by atoms with Crippen molar-refractivity contribution >= 4 is 12.1 Å². The van der Waals surface area contributed by atoms with Gasteiger partial charge in [-0.05, 0) is 61.4 Å². The van der Waals surface area contributed by atoms with Crippen LogP contribution >= 0.6 is 0 Å². The zero-order valence-corrected chi connectivity index (χ0v) is 14.4. The zero-order valence-electron chi connectivity index (χ0n) is 14.4. The molecule has 0 saturated heterocycles. The Morgan fingerprint density at radius 1 is 1.12 bits per heavy atom. The number of carbonyl (C=O) groups excluding carboxylic acids is 1. The highest BCUT2D eigenvalue weighted by Crippen LogP contribution is 2.28. The quantitative estimate of drug-likeness (QED) is 0.569. The first kappa shape index (κ1) is 18.3. The summed E-state index contributed by atoms with van der Waals surface area (Å²) in [5.41, 5.74) is 3.65. The molecule has 132 valence electrons. The molecule has 1 amide bonds. The van der Waals surface area contributed by atoms with Gasteiger partial charge >= 0.3 is 0 Å². The first-order valence-electron chi connectivity index (χ1n) is 8.16. The van der Waals surface area contributed by atoms with Crippen molar-refractivity contribution in [2.75, 3.05) is 13.2 Å². The van der Waals surface area contributed by atoms with E-state index >= 15 is 0 Å². The molecule has 0 atom stereocenters. The summed E-state index contributed by atoms with van der Waals surface area (Å²) in [5, 5.41) is 13.1. The smallest absolute Gasteiger partial charge is 0.271 e. The lowest BCUT2D eigenvalue weighted by Crippen LogP contribution is -2.17. The standard InChI is InChI=1S/C19H22N2O4/c1-3-11-25-17-10-7-15(12-18(17)24-4-2)19(23)21-20-13-14-5-8-16(22)9-6-14/h5-10,12-13,22H,3-4,11H2,1-2H3,(H,21,23)/b20-13+. The molecule has 0 spiro atoms. The van der Waals surface area contributed by atoms with E-state index in [-0.39, 0.29) is 11.7 Å². The van der Waals surface area contributed by atoms with Crippen LogP contribution in [0, 0.1) is 0 Å². The SMILES string of the molecule is CCCOc1ccc(C(=O)N/N=C/c2ccc(O)cc2)cc1OCC. The molecule has 0 aliphatic heterocycles. The molecule has 2 aromatic carbocycles. The fraction of sp³-hybridized carbons (Fsp3) is 0.263. The first-order chi connectivity index (χ1) is 12.1. The van der Waals surface area contributed by atoms with Crippen molar-refractivity contribution in [3.05, 3.63) is 53.6 Å². The molecular weight excluding hydrogens is 320 g/mol. The molecule has 0 unspecified atom stereocenters. The van der Waals surface area contributed by atoms with Crippen LogP contribution in [0.5, 0.6) is 17.2 Å². The van der Waals surface area contributed by atoms with Gasteiger partial charge in [0.2, 0.25) is 0 Å². The molecular formula is C19H22N2O4. The summed E-state index contributed by atoms with van der Waals surface area (Å²) in [6, 6.07) is 11.5. The summed E-state index contributed by atoms with van der Waals surface area (Å²) in [7, 11) is 0. The van der Waals surface area contributed by atoms with Crippen LogP contribution < -0.4 is 14.9 Å². The molecule has 0 aromatic heterocycles. The fourth-order valence-electron chi connectivity index (χ4n) is 2.04. The monoisotopic (exact) mass is 342 g/mol. The molecule has 6 nitrogen and oxygen atoms in total. The van der Waals surface area contributed by atoms with E-state index in [2.05, 4.69) is 10.5 Å². The van der Waals surface area contributed by atoms with Crippen LogP contribution in [-0.2, 0) is 0 Å². The number of aromatic hydroxyl groups is 1. The van der Waals surface area contributed by atoms with E-state index in [1.807, 2.05) is 13.8 Å². The van der Waals surface area contributed by atoms with Gasteiger partial charge in [-0.15, -0.1) is 0 Å². The summed E-state index contributed by atoms with van der Waals surface area (Å²) in [4.78, 5) is 12.2. The van der Waals surface area contributed by atoms with E-state index in [9.17, 15) is 9.90 Å². The van der Waals surface area contributed by atoms with Crippen LogP contribution in [0.15, 0.2) is 47.6 Å². The number of benzene rings is 2. The number of rotatable bonds is 8. The van der Waals surface area contributed by atoms with Crippen LogP contribution in [0.4, 0.5) is 0 Å². The highest BCUT2D eigenvalue weighted by atomic mass is 16.5. The highest BCUT2D eigenvalue weighted by molar-refractivity contribution is 5.95. The molecule has 25 heavy (non-hydrogen) atoms. The maximum Gasteiger partial charge on any atom is 0.271 e. The molecule has 0 aliphatic carbocycles. The number of amides is 1. The van der Waals surface area contributed by atoms with Gasteiger partial charge in [-0.1, -0.05) is 6.92 Å². The summed E-state index contributed by atoms with van der Waals surface area (Å²) >= 11 is 0. The van der Waals surface area contributed by atoms with Crippen LogP contribution in [-0.4, -0.2) is 30.4 Å². The Hall–Kier alpha value is -3.02. The number of ether oxygens (including phenoxy) is 2. The number of carbonyl (C=O) groups is 1. The van der Waals surface area contributed by atoms with E-state index in [4.69, 9.17) is 9.47 Å². The normalized spacial score (nSPS) is 10.6. The number of phenolic OH excluding ortho intramolecular Hbond substituents is 1. The Kier molecular flexibility index (Phi) is 6.83. The van der Waals surface area contributed by atoms with Crippen LogP contribution in [0.1, 0.15) is 36.2 Å². The summed E-state index contributed by atoms with van der Waals surface area (Å²) in [5.74, 6) is 0.979. The maximum absolute atomic E-state index is 12.2. The molecule has 2 aromatic rings. The Labute approximate surface area is 147 Å². The summed E-state index contributed by atoms with van der Waals surface area (Å²) in [6.45, 7) is 4.96. The molecule has 0 bridgehead atoms. The van der Waals surface area contributed by atoms with Gasteiger partial charge in [-0.2, -0.15) is 5.10 Å². The third kappa shape index (κ3) is 5.53. The van der Waals surface area contributed by atoms with Crippen molar-refractivity contribution in [2.45, 2.75) is 20.3 Å². The fourth-order valence-corrected chi connectivity index (χ4v) is 2.04. The van der Waals surface area contributed by atoms with Crippen molar-refractivity contribution in [1.82, 2.24) is 5.43 Å². The lowest BCUT2D eigenvalue weighted by atomic mass is 10.2. The Morgan fingerprint density at radius 2 is 1.88 bits per heavy atom. The predicted molar refractivity (Wildman–Crippen MR) is 96.6 cm³/mol. The van der Waals surface area contributed by atoms with E-state index in [0.717, 1.165) is 12.0 Å². The predicted octanol–water partition coefficient (Wildman–Crippen LogP) is 3.34. The Balaban J connectivity index is 2.05. The van der Waals surface area contributed by atoms with Gasteiger partial charge in [-0.25, -0.2) is 5.43 Å². The van der Waals surface area contributed by atoms with Crippen molar-refractivity contribution in [2.24, 2.45) is 5.10 Å². The second-order valence-electron chi connectivity index (χ2n) is 5.23. The van der Waals surface area contributed by atoms with Crippen molar-refractivity contribution in [3.8, 4) is 17.2 Å². The van der Waals surface area contributed by atoms with Gasteiger partial charge in [0.05, 0.1) is 19.4 Å². The molecule has 0 fully saturated rings. The van der Waals surface area contributed by atoms with Crippen LogP contribution in [0.3, 0.4) is 0 Å². The first-order valence-corrected chi connectivity index (χ1v) is 8.16. The highest BCUT2D eigenvalue weighted by Gasteiger charge is 2.11. The number of nitrogens with zero attached hydrogens (tertiary/aromatic N) is 1.